The second kappa shape index (κ2) is 8.57. The number of nitrogens with one attached hydrogen (secondary N) is 1. The third-order valence-corrected chi connectivity index (χ3v) is 4.85. The minimum Gasteiger partial charge on any atom is -0.326 e. The van der Waals surface area contributed by atoms with E-state index in [0.717, 1.165) is 11.3 Å². The topological polar surface area (TPSA) is 49.4 Å². The van der Waals surface area contributed by atoms with Crippen molar-refractivity contribution in [3.05, 3.63) is 58.6 Å². The Bertz CT molecular complexity index is 823. The molecule has 0 aromatic heterocycles. The first-order valence-corrected chi connectivity index (χ1v) is 9.40. The van der Waals surface area contributed by atoms with Crippen molar-refractivity contribution in [3.63, 3.8) is 0 Å². The van der Waals surface area contributed by atoms with Crippen LogP contribution in [-0.2, 0) is 15.0 Å². The number of hydrogen-bond donors (Lipinski definition) is 1. The van der Waals surface area contributed by atoms with E-state index < -0.39 is 0 Å². The highest BCUT2D eigenvalue weighted by atomic mass is 35.5. The molecule has 0 aliphatic carbocycles. The van der Waals surface area contributed by atoms with Gasteiger partial charge in [0.25, 0.3) is 0 Å². The van der Waals surface area contributed by atoms with Gasteiger partial charge < -0.3 is 10.2 Å². The Morgan fingerprint density at radius 2 is 1.70 bits per heavy atom. The van der Waals surface area contributed by atoms with Crippen molar-refractivity contribution in [2.75, 3.05) is 16.8 Å². The minimum absolute atomic E-state index is 0.0693. The van der Waals surface area contributed by atoms with Crippen LogP contribution in [0.1, 0.15) is 45.2 Å². The molecule has 2 amide bonds. The molecule has 2 aromatic carbocycles. The largest absolute Gasteiger partial charge is 0.326 e. The lowest BCUT2D eigenvalue weighted by Crippen LogP contribution is -2.32. The van der Waals surface area contributed by atoms with E-state index >= 15 is 0 Å². The summed E-state index contributed by atoms with van der Waals surface area (Å²) in [5.74, 6) is -0.264. The first kappa shape index (κ1) is 21.0. The maximum absolute atomic E-state index is 12.3. The number of amides is 2. The number of anilines is 2. The normalized spacial score (nSPS) is 11.2. The highest BCUT2D eigenvalue weighted by Gasteiger charge is 2.16. The molecule has 0 bridgehead atoms. The van der Waals surface area contributed by atoms with Gasteiger partial charge in [-0.1, -0.05) is 50.6 Å². The summed E-state index contributed by atoms with van der Waals surface area (Å²) in [6.45, 7) is 10.1. The molecule has 0 saturated heterocycles. The quantitative estimate of drug-likeness (QED) is 0.755. The molecular formula is C22H27ClN2O2. The predicted octanol–water partition coefficient (Wildman–Crippen LogP) is 5.33. The monoisotopic (exact) mass is 386 g/mol. The van der Waals surface area contributed by atoms with Crippen molar-refractivity contribution < 1.29 is 9.59 Å². The zero-order valence-corrected chi connectivity index (χ0v) is 17.4. The van der Waals surface area contributed by atoms with Gasteiger partial charge in [-0.05, 0) is 47.7 Å². The Balaban J connectivity index is 1.99. The summed E-state index contributed by atoms with van der Waals surface area (Å²) in [5.41, 5.74) is 3.67. The molecule has 144 valence electrons. The van der Waals surface area contributed by atoms with Crippen LogP contribution in [0.2, 0.25) is 5.02 Å². The second-order valence-electron chi connectivity index (χ2n) is 7.73. The van der Waals surface area contributed by atoms with Crippen LogP contribution in [-0.4, -0.2) is 18.4 Å². The van der Waals surface area contributed by atoms with Crippen molar-refractivity contribution in [2.24, 2.45) is 0 Å². The van der Waals surface area contributed by atoms with Gasteiger partial charge in [-0.25, -0.2) is 0 Å². The van der Waals surface area contributed by atoms with Crippen molar-refractivity contribution in [1.29, 1.82) is 0 Å². The van der Waals surface area contributed by atoms with Crippen molar-refractivity contribution >= 4 is 34.8 Å². The molecule has 2 rings (SSSR count). The smallest absolute Gasteiger partial charge is 0.226 e. The number of aryl methyl sites for hydroxylation is 1. The van der Waals surface area contributed by atoms with E-state index in [2.05, 4.69) is 26.1 Å². The van der Waals surface area contributed by atoms with Crippen LogP contribution < -0.4 is 10.2 Å². The standard InChI is InChI=1S/C22H27ClN2O2/c1-15-6-11-19(14-20(15)23)25(16(2)26)13-12-21(27)24-18-9-7-17(8-10-18)22(3,4)5/h6-11,14H,12-13H2,1-5H3,(H,24,27). The van der Waals surface area contributed by atoms with Crippen LogP contribution in [0.5, 0.6) is 0 Å². The lowest BCUT2D eigenvalue weighted by Gasteiger charge is -2.22. The summed E-state index contributed by atoms with van der Waals surface area (Å²) in [6, 6.07) is 13.3. The summed E-state index contributed by atoms with van der Waals surface area (Å²) in [7, 11) is 0. The van der Waals surface area contributed by atoms with Gasteiger partial charge in [0.2, 0.25) is 11.8 Å². The Labute approximate surface area is 166 Å². The number of halogens is 1. The first-order chi connectivity index (χ1) is 12.6. The number of benzene rings is 2. The fraction of sp³-hybridized carbons (Fsp3) is 0.364. The third-order valence-electron chi connectivity index (χ3n) is 4.44. The SMILES string of the molecule is CC(=O)N(CCC(=O)Nc1ccc(C(C)(C)C)cc1)c1ccc(C)c(Cl)c1. The molecule has 0 atom stereocenters. The Hall–Kier alpha value is -2.33. The van der Waals surface area contributed by atoms with Crippen LogP contribution >= 0.6 is 11.6 Å². The summed E-state index contributed by atoms with van der Waals surface area (Å²) >= 11 is 6.16. The van der Waals surface area contributed by atoms with E-state index in [4.69, 9.17) is 11.6 Å². The van der Waals surface area contributed by atoms with Crippen molar-refractivity contribution in [3.8, 4) is 0 Å². The molecule has 0 aliphatic heterocycles. The Morgan fingerprint density at radius 1 is 1.07 bits per heavy atom. The molecule has 0 aliphatic rings. The summed E-state index contributed by atoms with van der Waals surface area (Å²) in [5, 5.41) is 3.48. The molecule has 0 fully saturated rings. The second-order valence-corrected chi connectivity index (χ2v) is 8.14. The van der Waals surface area contributed by atoms with Crippen LogP contribution in [0.25, 0.3) is 0 Å². The van der Waals surface area contributed by atoms with Gasteiger partial charge in [0.1, 0.15) is 0 Å². The summed E-state index contributed by atoms with van der Waals surface area (Å²) in [4.78, 5) is 25.9. The average molecular weight is 387 g/mol. The van der Waals surface area contributed by atoms with E-state index in [9.17, 15) is 9.59 Å². The number of rotatable bonds is 5. The lowest BCUT2D eigenvalue weighted by molar-refractivity contribution is -0.117. The maximum Gasteiger partial charge on any atom is 0.226 e. The first-order valence-electron chi connectivity index (χ1n) is 9.02. The molecule has 0 saturated carbocycles. The van der Waals surface area contributed by atoms with Crippen molar-refractivity contribution in [2.45, 2.75) is 46.5 Å². The van der Waals surface area contributed by atoms with Crippen molar-refractivity contribution in [1.82, 2.24) is 0 Å². The predicted molar refractivity (Wildman–Crippen MR) is 113 cm³/mol. The van der Waals surface area contributed by atoms with Gasteiger partial charge in [0.05, 0.1) is 0 Å². The fourth-order valence-electron chi connectivity index (χ4n) is 2.71. The molecule has 27 heavy (non-hydrogen) atoms. The molecule has 1 N–H and O–H groups in total. The zero-order valence-electron chi connectivity index (χ0n) is 16.6. The summed E-state index contributed by atoms with van der Waals surface area (Å²) < 4.78 is 0. The van der Waals surface area contributed by atoms with Crippen LogP contribution in [0, 0.1) is 6.92 Å². The van der Waals surface area contributed by atoms with E-state index in [1.54, 1.807) is 11.0 Å². The molecule has 0 spiro atoms. The molecular weight excluding hydrogens is 360 g/mol. The van der Waals surface area contributed by atoms with Gasteiger partial charge in [0, 0.05) is 36.3 Å². The van der Waals surface area contributed by atoms with Gasteiger partial charge in [-0.2, -0.15) is 0 Å². The third kappa shape index (κ3) is 5.83. The van der Waals surface area contributed by atoms with Gasteiger partial charge in [0.15, 0.2) is 0 Å². The molecule has 4 nitrogen and oxygen atoms in total. The lowest BCUT2D eigenvalue weighted by atomic mass is 9.87. The van der Waals surface area contributed by atoms with Crippen LogP contribution in [0.3, 0.4) is 0 Å². The fourth-order valence-corrected chi connectivity index (χ4v) is 2.88. The minimum atomic E-state index is -0.136. The number of carbonyl (C=O) groups is 2. The summed E-state index contributed by atoms with van der Waals surface area (Å²) in [6.07, 6.45) is 0.200. The van der Waals surface area contributed by atoms with E-state index in [0.29, 0.717) is 17.3 Å². The van der Waals surface area contributed by atoms with Crippen LogP contribution in [0.4, 0.5) is 11.4 Å². The van der Waals surface area contributed by atoms with E-state index in [-0.39, 0.29) is 23.7 Å². The number of carbonyl (C=O) groups excluding carboxylic acids is 2. The molecule has 0 unspecified atom stereocenters. The van der Waals surface area contributed by atoms with Gasteiger partial charge >= 0.3 is 0 Å². The highest BCUT2D eigenvalue weighted by Crippen LogP contribution is 2.25. The molecule has 5 heteroatoms. The maximum atomic E-state index is 12.3. The van der Waals surface area contributed by atoms with E-state index in [1.807, 2.05) is 43.3 Å². The zero-order chi connectivity index (χ0) is 20.2. The Kier molecular flexibility index (Phi) is 6.66. The highest BCUT2D eigenvalue weighted by molar-refractivity contribution is 6.31. The van der Waals surface area contributed by atoms with Crippen LogP contribution in [0.15, 0.2) is 42.5 Å². The van der Waals surface area contributed by atoms with Gasteiger partial charge in [-0.3, -0.25) is 9.59 Å². The molecule has 0 heterocycles. The average Bonchev–Trinajstić information content (AvgIpc) is 2.57. The van der Waals surface area contributed by atoms with Gasteiger partial charge in [-0.15, -0.1) is 0 Å². The number of nitrogens with zero attached hydrogens (tertiary/aromatic N) is 1. The Morgan fingerprint density at radius 3 is 2.22 bits per heavy atom. The molecule has 0 radical (unpaired) electrons. The number of hydrogen-bond acceptors (Lipinski definition) is 2. The van der Waals surface area contributed by atoms with E-state index in [1.165, 1.54) is 12.5 Å². The molecule has 2 aromatic rings.